The van der Waals surface area contributed by atoms with E-state index in [0.29, 0.717) is 11.7 Å². The Hall–Kier alpha value is -2.14. The molecule has 2 aromatic rings. The van der Waals surface area contributed by atoms with Crippen LogP contribution < -0.4 is 10.2 Å². The van der Waals surface area contributed by atoms with Crippen molar-refractivity contribution in [1.29, 1.82) is 0 Å². The normalized spacial score (nSPS) is 18.4. The molecule has 1 saturated heterocycles. The highest BCUT2D eigenvalue weighted by atomic mass is 19.1. The predicted octanol–water partition coefficient (Wildman–Crippen LogP) is 2.88. The second-order valence-electron chi connectivity index (χ2n) is 5.63. The van der Waals surface area contributed by atoms with Gasteiger partial charge in [-0.3, -0.25) is 0 Å². The molecule has 0 amide bonds. The van der Waals surface area contributed by atoms with Crippen LogP contribution >= 0.6 is 0 Å². The summed E-state index contributed by atoms with van der Waals surface area (Å²) in [6, 6.07) is 7.36. The van der Waals surface area contributed by atoms with Crippen molar-refractivity contribution in [2.24, 2.45) is 0 Å². The topological polar surface area (TPSA) is 33.1 Å². The van der Waals surface area contributed by atoms with Crippen molar-refractivity contribution in [1.82, 2.24) is 15.1 Å². The number of hydrogen-bond donors (Lipinski definition) is 1. The number of nitrogens with one attached hydrogen (secondary N) is 1. The Kier molecular flexibility index (Phi) is 4.53. The molecule has 22 heavy (non-hydrogen) atoms. The summed E-state index contributed by atoms with van der Waals surface area (Å²) >= 11 is 0. The Morgan fingerprint density at radius 1 is 1.41 bits per heavy atom. The van der Waals surface area contributed by atoms with Crippen LogP contribution in [0.4, 0.5) is 10.1 Å². The van der Waals surface area contributed by atoms with Gasteiger partial charge in [0.15, 0.2) is 0 Å². The van der Waals surface area contributed by atoms with Gasteiger partial charge in [-0.05, 0) is 25.0 Å². The van der Waals surface area contributed by atoms with E-state index in [1.807, 2.05) is 24.5 Å². The molecule has 5 heteroatoms. The molecule has 1 aliphatic rings. The lowest BCUT2D eigenvalue weighted by Crippen LogP contribution is -2.45. The van der Waals surface area contributed by atoms with E-state index in [2.05, 4.69) is 21.9 Å². The zero-order chi connectivity index (χ0) is 15.4. The zero-order valence-electron chi connectivity index (χ0n) is 12.6. The van der Waals surface area contributed by atoms with Crippen molar-refractivity contribution in [3.8, 4) is 0 Å². The summed E-state index contributed by atoms with van der Waals surface area (Å²) in [5.74, 6) is -0.143. The van der Waals surface area contributed by atoms with Gasteiger partial charge in [-0.2, -0.15) is 5.10 Å². The van der Waals surface area contributed by atoms with Gasteiger partial charge in [0.25, 0.3) is 0 Å². The molecule has 4 nitrogen and oxygen atoms in total. The van der Waals surface area contributed by atoms with Gasteiger partial charge in [0, 0.05) is 43.6 Å². The fourth-order valence-corrected chi connectivity index (χ4v) is 2.90. The highest BCUT2D eigenvalue weighted by molar-refractivity contribution is 5.48. The van der Waals surface area contributed by atoms with E-state index in [0.717, 1.165) is 38.0 Å². The molecular weight excluding hydrogens is 279 g/mol. The van der Waals surface area contributed by atoms with Gasteiger partial charge in [-0.15, -0.1) is 0 Å². The van der Waals surface area contributed by atoms with Gasteiger partial charge < -0.3 is 10.2 Å². The number of piperidine rings is 1. The first-order valence-corrected chi connectivity index (χ1v) is 7.64. The number of nitrogens with zero attached hydrogens (tertiary/aromatic N) is 3. The maximum absolute atomic E-state index is 13.9. The number of benzene rings is 1. The maximum atomic E-state index is 13.9. The molecule has 1 aromatic heterocycles. The van der Waals surface area contributed by atoms with Crippen molar-refractivity contribution in [3.05, 3.63) is 54.6 Å². The van der Waals surface area contributed by atoms with Gasteiger partial charge in [0.1, 0.15) is 5.82 Å². The summed E-state index contributed by atoms with van der Waals surface area (Å²) in [6.45, 7) is 6.19. The molecule has 1 N–H and O–H groups in total. The van der Waals surface area contributed by atoms with Crippen LogP contribution in [0.1, 0.15) is 18.4 Å². The Labute approximate surface area is 130 Å². The molecule has 116 valence electrons. The minimum atomic E-state index is -0.143. The number of aromatic nitrogens is 2. The van der Waals surface area contributed by atoms with Gasteiger partial charge in [-0.25, -0.2) is 9.07 Å². The third-order valence-electron chi connectivity index (χ3n) is 4.05. The van der Waals surface area contributed by atoms with Gasteiger partial charge in [0.05, 0.1) is 11.9 Å². The van der Waals surface area contributed by atoms with Crippen molar-refractivity contribution in [2.75, 3.05) is 18.0 Å². The average Bonchev–Trinajstić information content (AvgIpc) is 3.02. The third-order valence-corrected chi connectivity index (χ3v) is 4.05. The summed E-state index contributed by atoms with van der Waals surface area (Å²) in [5.41, 5.74) is 1.83. The molecule has 0 aliphatic carbocycles. The monoisotopic (exact) mass is 300 g/mol. The molecule has 2 heterocycles. The number of hydrogen-bond acceptors (Lipinski definition) is 3. The standard InChI is InChI=1S/C17H21FN4/c1-2-22-12-14(11-20-22)10-19-15-6-5-9-21(13-15)17-8-4-3-7-16(17)18/h2-4,7-8,11-12,15,19H,1,5-6,9-10,13H2/t15-/m0/s1. The minimum absolute atomic E-state index is 0.143. The van der Waals surface area contributed by atoms with E-state index in [9.17, 15) is 4.39 Å². The lowest BCUT2D eigenvalue weighted by Gasteiger charge is -2.35. The molecule has 0 radical (unpaired) electrons. The summed E-state index contributed by atoms with van der Waals surface area (Å²) in [5, 5.41) is 7.71. The van der Waals surface area contributed by atoms with Crippen LogP contribution in [0.15, 0.2) is 43.2 Å². The Morgan fingerprint density at radius 2 is 2.27 bits per heavy atom. The lowest BCUT2D eigenvalue weighted by atomic mass is 10.0. The average molecular weight is 300 g/mol. The van der Waals surface area contributed by atoms with Crippen LogP contribution in [0.25, 0.3) is 6.20 Å². The number of halogens is 1. The van der Waals surface area contributed by atoms with E-state index in [4.69, 9.17) is 0 Å². The SMILES string of the molecule is C=Cn1cc(CN[C@H]2CCCN(c3ccccc3F)C2)cn1. The van der Waals surface area contributed by atoms with Crippen LogP contribution in [-0.2, 0) is 6.54 Å². The van der Waals surface area contributed by atoms with Crippen LogP contribution in [0.5, 0.6) is 0 Å². The Morgan fingerprint density at radius 3 is 3.05 bits per heavy atom. The molecule has 0 saturated carbocycles. The summed E-state index contributed by atoms with van der Waals surface area (Å²) < 4.78 is 15.6. The fourth-order valence-electron chi connectivity index (χ4n) is 2.90. The second-order valence-corrected chi connectivity index (χ2v) is 5.63. The fraction of sp³-hybridized carbons (Fsp3) is 0.353. The molecular formula is C17H21FN4. The first kappa shape index (κ1) is 14.8. The number of anilines is 1. The molecule has 1 fully saturated rings. The highest BCUT2D eigenvalue weighted by Gasteiger charge is 2.21. The summed E-state index contributed by atoms with van der Waals surface area (Å²) in [4.78, 5) is 2.13. The molecule has 0 bridgehead atoms. The third kappa shape index (κ3) is 3.36. The number of rotatable bonds is 5. The van der Waals surface area contributed by atoms with E-state index < -0.39 is 0 Å². The zero-order valence-corrected chi connectivity index (χ0v) is 12.6. The molecule has 0 spiro atoms. The van der Waals surface area contributed by atoms with Crippen molar-refractivity contribution in [2.45, 2.75) is 25.4 Å². The molecule has 1 aliphatic heterocycles. The second kappa shape index (κ2) is 6.75. The van der Waals surface area contributed by atoms with Gasteiger partial charge in [0.2, 0.25) is 0 Å². The molecule has 3 rings (SSSR count). The predicted molar refractivity (Wildman–Crippen MR) is 87.1 cm³/mol. The smallest absolute Gasteiger partial charge is 0.146 e. The quantitative estimate of drug-likeness (QED) is 0.922. The van der Waals surface area contributed by atoms with E-state index in [-0.39, 0.29) is 5.82 Å². The molecule has 1 aromatic carbocycles. The van der Waals surface area contributed by atoms with E-state index >= 15 is 0 Å². The molecule has 0 unspecified atom stereocenters. The van der Waals surface area contributed by atoms with Gasteiger partial charge >= 0.3 is 0 Å². The van der Waals surface area contributed by atoms with Crippen LogP contribution in [-0.4, -0.2) is 28.9 Å². The summed E-state index contributed by atoms with van der Waals surface area (Å²) in [7, 11) is 0. The van der Waals surface area contributed by atoms with Crippen molar-refractivity contribution < 1.29 is 4.39 Å². The summed E-state index contributed by atoms with van der Waals surface area (Å²) in [6.07, 6.45) is 7.64. The first-order chi connectivity index (χ1) is 10.8. The van der Waals surface area contributed by atoms with Crippen molar-refractivity contribution in [3.63, 3.8) is 0 Å². The number of para-hydroxylation sites is 1. The first-order valence-electron chi connectivity index (χ1n) is 7.64. The minimum Gasteiger partial charge on any atom is -0.368 e. The van der Waals surface area contributed by atoms with Crippen molar-refractivity contribution >= 4 is 11.9 Å². The van der Waals surface area contributed by atoms with Crippen LogP contribution in [0.3, 0.4) is 0 Å². The largest absolute Gasteiger partial charge is 0.368 e. The van der Waals surface area contributed by atoms with E-state index in [1.165, 1.54) is 6.07 Å². The highest BCUT2D eigenvalue weighted by Crippen LogP contribution is 2.23. The Bertz CT molecular complexity index is 637. The lowest BCUT2D eigenvalue weighted by molar-refractivity contribution is 0.418. The van der Waals surface area contributed by atoms with E-state index in [1.54, 1.807) is 16.9 Å². The Balaban J connectivity index is 1.59. The maximum Gasteiger partial charge on any atom is 0.146 e. The van der Waals surface area contributed by atoms with Crippen LogP contribution in [0.2, 0.25) is 0 Å². The van der Waals surface area contributed by atoms with Gasteiger partial charge in [-0.1, -0.05) is 18.7 Å². The molecule has 1 atom stereocenters. The van der Waals surface area contributed by atoms with Crippen LogP contribution in [0, 0.1) is 5.82 Å².